The molecule has 0 radical (unpaired) electrons. The molecule has 3 nitrogen and oxygen atoms in total. The average Bonchev–Trinajstić information content (AvgIpc) is 3.01. The summed E-state index contributed by atoms with van der Waals surface area (Å²) >= 11 is 0. The molecule has 0 saturated carbocycles. The molecule has 1 aromatic rings. The van der Waals surface area contributed by atoms with Crippen molar-refractivity contribution in [2.24, 2.45) is 0 Å². The van der Waals surface area contributed by atoms with Crippen LogP contribution in [0, 0.1) is 13.8 Å². The molecule has 2 aliphatic rings. The fraction of sp³-hybridized carbons (Fsp3) is 0.647. The number of benzene rings is 1. The summed E-state index contributed by atoms with van der Waals surface area (Å²) in [4.78, 5) is 2.68. The molecule has 2 saturated heterocycles. The van der Waals surface area contributed by atoms with Gasteiger partial charge in [0.1, 0.15) is 0 Å². The van der Waals surface area contributed by atoms with Gasteiger partial charge in [-0.15, -0.1) is 0 Å². The highest BCUT2D eigenvalue weighted by atomic mass is 15.2. The van der Waals surface area contributed by atoms with E-state index in [9.17, 15) is 0 Å². The third kappa shape index (κ3) is 4.22. The average molecular weight is 275 g/mol. The molecular weight excluding hydrogens is 246 g/mol. The first-order valence-electron chi connectivity index (χ1n) is 7.95. The van der Waals surface area contributed by atoms with E-state index in [4.69, 9.17) is 5.73 Å². The van der Waals surface area contributed by atoms with Gasteiger partial charge in [-0.2, -0.15) is 0 Å². The molecule has 3 N–H and O–H groups in total. The van der Waals surface area contributed by atoms with Gasteiger partial charge < -0.3 is 16.0 Å². The molecular formula is C17H29N3. The van der Waals surface area contributed by atoms with Gasteiger partial charge in [-0.1, -0.05) is 18.2 Å². The molecule has 2 aliphatic heterocycles. The summed E-state index contributed by atoms with van der Waals surface area (Å²) in [5, 5.41) is 3.41. The lowest BCUT2D eigenvalue weighted by atomic mass is 10.1. The molecule has 3 heteroatoms. The number of nitrogen functional groups attached to an aromatic ring is 1. The molecule has 0 bridgehead atoms. The van der Waals surface area contributed by atoms with Gasteiger partial charge in [-0.3, -0.25) is 0 Å². The van der Waals surface area contributed by atoms with Gasteiger partial charge in [-0.25, -0.2) is 0 Å². The van der Waals surface area contributed by atoms with E-state index in [0.717, 1.165) is 22.9 Å². The maximum atomic E-state index is 5.68. The highest BCUT2D eigenvalue weighted by Crippen LogP contribution is 2.17. The number of hydrogen-bond donors (Lipinski definition) is 2. The zero-order valence-corrected chi connectivity index (χ0v) is 13.0. The van der Waals surface area contributed by atoms with Crippen molar-refractivity contribution in [2.75, 3.05) is 31.9 Å². The topological polar surface area (TPSA) is 41.3 Å². The molecule has 20 heavy (non-hydrogen) atoms. The molecule has 0 unspecified atom stereocenters. The summed E-state index contributed by atoms with van der Waals surface area (Å²) in [5.74, 6) is 0. The highest BCUT2D eigenvalue weighted by molar-refractivity contribution is 5.52. The van der Waals surface area contributed by atoms with Crippen molar-refractivity contribution < 1.29 is 0 Å². The second-order valence-electron chi connectivity index (χ2n) is 6.03. The van der Waals surface area contributed by atoms with Crippen LogP contribution < -0.4 is 11.1 Å². The molecule has 2 heterocycles. The molecule has 1 aromatic carbocycles. The summed E-state index contributed by atoms with van der Waals surface area (Å²) < 4.78 is 0. The monoisotopic (exact) mass is 275 g/mol. The van der Waals surface area contributed by atoms with Crippen LogP contribution in [-0.2, 0) is 0 Å². The van der Waals surface area contributed by atoms with Gasteiger partial charge >= 0.3 is 0 Å². The Balaban J connectivity index is 0.000000151. The summed E-state index contributed by atoms with van der Waals surface area (Å²) in [5.41, 5.74) is 8.92. The van der Waals surface area contributed by atoms with Crippen molar-refractivity contribution in [3.05, 3.63) is 29.3 Å². The van der Waals surface area contributed by atoms with Crippen LogP contribution in [0.2, 0.25) is 0 Å². The predicted molar refractivity (Wildman–Crippen MR) is 87.0 cm³/mol. The lowest BCUT2D eigenvalue weighted by Gasteiger charge is -2.31. The van der Waals surface area contributed by atoms with Crippen LogP contribution in [0.3, 0.4) is 0 Å². The highest BCUT2D eigenvalue weighted by Gasteiger charge is 2.22. The number of para-hydroxylation sites is 1. The standard InChI is InChI=1S/C9H18N2.C8H11N/c1-2-8-11(7-1)9-3-5-10-6-4-9;1-6-4-3-5-7(2)8(6)9/h9-10H,1-8H2;3-5H,9H2,1-2H3. The number of hydrogen-bond acceptors (Lipinski definition) is 3. The van der Waals surface area contributed by atoms with Crippen molar-refractivity contribution in [3.8, 4) is 0 Å². The third-order valence-corrected chi connectivity index (χ3v) is 4.51. The Kier molecular flexibility index (Phi) is 5.86. The van der Waals surface area contributed by atoms with Crippen molar-refractivity contribution in [3.63, 3.8) is 0 Å². The van der Waals surface area contributed by atoms with Crippen LogP contribution in [0.1, 0.15) is 36.8 Å². The maximum absolute atomic E-state index is 5.68. The first-order valence-corrected chi connectivity index (χ1v) is 7.95. The van der Waals surface area contributed by atoms with Crippen molar-refractivity contribution >= 4 is 5.69 Å². The van der Waals surface area contributed by atoms with E-state index in [1.54, 1.807) is 0 Å². The van der Waals surface area contributed by atoms with Gasteiger partial charge in [-0.05, 0) is 76.8 Å². The minimum atomic E-state index is 0.914. The Labute approximate surface area is 123 Å². The Morgan fingerprint density at radius 3 is 2.10 bits per heavy atom. The fourth-order valence-corrected chi connectivity index (χ4v) is 3.11. The van der Waals surface area contributed by atoms with Gasteiger partial charge in [0.25, 0.3) is 0 Å². The SMILES string of the molecule is C1CCN(C2CCNCC2)C1.Cc1cccc(C)c1N. The molecule has 0 spiro atoms. The number of nitrogens with one attached hydrogen (secondary N) is 1. The fourth-order valence-electron chi connectivity index (χ4n) is 3.11. The molecule has 112 valence electrons. The number of nitrogens with two attached hydrogens (primary N) is 1. The van der Waals surface area contributed by atoms with Crippen molar-refractivity contribution in [1.29, 1.82) is 0 Å². The van der Waals surface area contributed by atoms with Crippen LogP contribution in [0.15, 0.2) is 18.2 Å². The van der Waals surface area contributed by atoms with E-state index in [-0.39, 0.29) is 0 Å². The van der Waals surface area contributed by atoms with Crippen LogP contribution in [0.5, 0.6) is 0 Å². The molecule has 0 aromatic heterocycles. The summed E-state index contributed by atoms with van der Waals surface area (Å²) in [6.45, 7) is 9.24. The maximum Gasteiger partial charge on any atom is 0.0373 e. The summed E-state index contributed by atoms with van der Waals surface area (Å²) in [7, 11) is 0. The number of nitrogens with zero attached hydrogens (tertiary/aromatic N) is 1. The van der Waals surface area contributed by atoms with E-state index in [0.29, 0.717) is 0 Å². The zero-order valence-electron chi connectivity index (χ0n) is 13.0. The van der Waals surface area contributed by atoms with E-state index in [1.807, 2.05) is 32.0 Å². The van der Waals surface area contributed by atoms with Gasteiger partial charge in [0.15, 0.2) is 0 Å². The lowest BCUT2D eigenvalue weighted by Crippen LogP contribution is -2.41. The summed E-state index contributed by atoms with van der Waals surface area (Å²) in [6, 6.07) is 6.96. The number of aryl methyl sites for hydroxylation is 2. The first kappa shape index (κ1) is 15.3. The molecule has 0 atom stereocenters. The minimum absolute atomic E-state index is 0.914. The molecule has 0 aliphatic carbocycles. The Bertz CT molecular complexity index is 384. The quantitative estimate of drug-likeness (QED) is 0.774. The second-order valence-corrected chi connectivity index (χ2v) is 6.03. The number of likely N-dealkylation sites (tertiary alicyclic amines) is 1. The lowest BCUT2D eigenvalue weighted by molar-refractivity contribution is 0.199. The number of rotatable bonds is 1. The Morgan fingerprint density at radius 2 is 1.60 bits per heavy atom. The van der Waals surface area contributed by atoms with Crippen molar-refractivity contribution in [2.45, 2.75) is 45.6 Å². The van der Waals surface area contributed by atoms with Gasteiger partial charge in [0.05, 0.1) is 0 Å². The molecule has 3 rings (SSSR count). The Hall–Kier alpha value is -1.06. The van der Waals surface area contributed by atoms with E-state index in [2.05, 4.69) is 10.2 Å². The predicted octanol–water partition coefficient (Wildman–Crippen LogP) is 2.72. The number of piperidine rings is 1. The minimum Gasteiger partial charge on any atom is -0.398 e. The molecule has 2 fully saturated rings. The van der Waals surface area contributed by atoms with Gasteiger partial charge in [0.2, 0.25) is 0 Å². The van der Waals surface area contributed by atoms with Crippen LogP contribution in [0.4, 0.5) is 5.69 Å². The summed E-state index contributed by atoms with van der Waals surface area (Å²) in [6.07, 6.45) is 5.62. The van der Waals surface area contributed by atoms with Crippen LogP contribution in [0.25, 0.3) is 0 Å². The van der Waals surface area contributed by atoms with Crippen LogP contribution in [-0.4, -0.2) is 37.1 Å². The zero-order chi connectivity index (χ0) is 14.4. The smallest absolute Gasteiger partial charge is 0.0373 e. The Morgan fingerprint density at radius 1 is 1.05 bits per heavy atom. The first-order chi connectivity index (χ1) is 9.68. The van der Waals surface area contributed by atoms with E-state index >= 15 is 0 Å². The van der Waals surface area contributed by atoms with E-state index < -0.39 is 0 Å². The van der Waals surface area contributed by atoms with Crippen molar-refractivity contribution in [1.82, 2.24) is 10.2 Å². The molecule has 0 amide bonds. The van der Waals surface area contributed by atoms with Gasteiger partial charge in [0, 0.05) is 11.7 Å². The van der Waals surface area contributed by atoms with E-state index in [1.165, 1.54) is 51.9 Å². The largest absolute Gasteiger partial charge is 0.398 e. The third-order valence-electron chi connectivity index (χ3n) is 4.51. The second kappa shape index (κ2) is 7.65. The number of anilines is 1. The van der Waals surface area contributed by atoms with Crippen LogP contribution >= 0.6 is 0 Å². The normalized spacial score (nSPS) is 20.5.